The standard InChI is InChI=1S/C21H34BrN3O2/c22-19-10-6-7-11-20(19)24-21(26)27-18-12-16-25(17-13-18)15-9-5-3-1-2-4-8-14-23/h6-7,10-11,18H,1-5,8-9,12-17,23H2,(H,24,26). The minimum Gasteiger partial charge on any atom is -0.446 e. The van der Waals surface area contributed by atoms with Crippen molar-refractivity contribution in [3.05, 3.63) is 28.7 Å². The van der Waals surface area contributed by atoms with Crippen LogP contribution in [-0.2, 0) is 4.74 Å². The van der Waals surface area contributed by atoms with E-state index in [0.29, 0.717) is 0 Å². The van der Waals surface area contributed by atoms with Crippen LogP contribution >= 0.6 is 15.9 Å². The first-order valence-corrected chi connectivity index (χ1v) is 11.1. The lowest BCUT2D eigenvalue weighted by atomic mass is 10.1. The van der Waals surface area contributed by atoms with E-state index in [1.54, 1.807) is 0 Å². The number of nitrogens with two attached hydrogens (primary N) is 1. The Morgan fingerprint density at radius 1 is 1.07 bits per heavy atom. The first-order valence-electron chi connectivity index (χ1n) is 10.3. The Balaban J connectivity index is 1.52. The number of carbonyl (C=O) groups is 1. The fraction of sp³-hybridized carbons (Fsp3) is 0.667. The van der Waals surface area contributed by atoms with Crippen LogP contribution in [0.3, 0.4) is 0 Å². The fourth-order valence-corrected chi connectivity index (χ4v) is 3.85. The Kier molecular flexibility index (Phi) is 10.8. The van der Waals surface area contributed by atoms with Gasteiger partial charge in [-0.15, -0.1) is 0 Å². The van der Waals surface area contributed by atoms with Crippen molar-refractivity contribution in [2.45, 2.75) is 63.9 Å². The number of ether oxygens (including phenoxy) is 1. The van der Waals surface area contributed by atoms with Gasteiger partial charge in [0, 0.05) is 17.6 Å². The molecule has 0 aromatic heterocycles. The van der Waals surface area contributed by atoms with Gasteiger partial charge in [0.25, 0.3) is 0 Å². The van der Waals surface area contributed by atoms with Crippen molar-refractivity contribution in [3.8, 4) is 0 Å². The highest BCUT2D eigenvalue weighted by Crippen LogP contribution is 2.22. The summed E-state index contributed by atoms with van der Waals surface area (Å²) in [5.41, 5.74) is 6.25. The van der Waals surface area contributed by atoms with Gasteiger partial charge in [0.15, 0.2) is 0 Å². The van der Waals surface area contributed by atoms with Crippen molar-refractivity contribution in [1.82, 2.24) is 4.90 Å². The molecule has 0 radical (unpaired) electrons. The number of likely N-dealkylation sites (tertiary alicyclic amines) is 1. The number of nitrogens with one attached hydrogen (secondary N) is 1. The zero-order valence-corrected chi connectivity index (χ0v) is 17.9. The van der Waals surface area contributed by atoms with E-state index in [1.807, 2.05) is 24.3 Å². The number of hydrogen-bond acceptors (Lipinski definition) is 4. The van der Waals surface area contributed by atoms with Crippen LogP contribution < -0.4 is 11.1 Å². The minimum absolute atomic E-state index is 0.0197. The maximum Gasteiger partial charge on any atom is 0.411 e. The highest BCUT2D eigenvalue weighted by Gasteiger charge is 2.22. The predicted molar refractivity (Wildman–Crippen MR) is 115 cm³/mol. The second-order valence-corrected chi connectivity index (χ2v) is 8.17. The molecule has 6 heteroatoms. The van der Waals surface area contributed by atoms with Crippen LogP contribution in [-0.4, -0.2) is 43.3 Å². The second-order valence-electron chi connectivity index (χ2n) is 7.31. The molecule has 0 bridgehead atoms. The normalized spacial score (nSPS) is 15.6. The number of carbonyl (C=O) groups excluding carboxylic acids is 1. The van der Waals surface area contributed by atoms with E-state index in [1.165, 1.54) is 45.1 Å². The summed E-state index contributed by atoms with van der Waals surface area (Å²) in [6.07, 6.45) is 10.5. The SMILES string of the molecule is NCCCCCCCCCN1CCC(OC(=O)Nc2ccccc2Br)CC1. The smallest absolute Gasteiger partial charge is 0.411 e. The number of rotatable bonds is 11. The van der Waals surface area contributed by atoms with Gasteiger partial charge in [0.05, 0.1) is 5.69 Å². The predicted octanol–water partition coefficient (Wildman–Crippen LogP) is 5.15. The molecule has 0 aliphatic carbocycles. The zero-order valence-electron chi connectivity index (χ0n) is 16.3. The Hall–Kier alpha value is -1.11. The molecular weight excluding hydrogens is 406 g/mol. The van der Waals surface area contributed by atoms with Crippen molar-refractivity contribution in [1.29, 1.82) is 0 Å². The van der Waals surface area contributed by atoms with Crippen LogP contribution in [0.1, 0.15) is 57.8 Å². The Morgan fingerprint density at radius 3 is 2.37 bits per heavy atom. The minimum atomic E-state index is -0.366. The molecule has 152 valence electrons. The zero-order chi connectivity index (χ0) is 19.3. The maximum absolute atomic E-state index is 12.1. The molecule has 1 amide bonds. The van der Waals surface area contributed by atoms with Gasteiger partial charge in [-0.2, -0.15) is 0 Å². The molecule has 0 spiro atoms. The van der Waals surface area contributed by atoms with Crippen molar-refractivity contribution in [3.63, 3.8) is 0 Å². The Bertz CT molecular complexity index is 548. The number of para-hydroxylation sites is 1. The third-order valence-corrected chi connectivity index (χ3v) is 5.79. The number of benzene rings is 1. The molecular formula is C21H34BrN3O2. The first-order chi connectivity index (χ1) is 13.2. The molecule has 0 saturated carbocycles. The third-order valence-electron chi connectivity index (χ3n) is 5.10. The second kappa shape index (κ2) is 13.1. The highest BCUT2D eigenvalue weighted by molar-refractivity contribution is 9.10. The molecule has 1 fully saturated rings. The van der Waals surface area contributed by atoms with E-state index in [2.05, 4.69) is 26.1 Å². The molecule has 1 heterocycles. The molecule has 2 rings (SSSR count). The lowest BCUT2D eigenvalue weighted by molar-refractivity contribution is 0.0584. The van der Waals surface area contributed by atoms with Crippen LogP contribution in [0.5, 0.6) is 0 Å². The average Bonchev–Trinajstić information content (AvgIpc) is 2.67. The molecule has 1 saturated heterocycles. The molecule has 1 aliphatic rings. The lowest BCUT2D eigenvalue weighted by Crippen LogP contribution is -2.38. The van der Waals surface area contributed by atoms with Crippen molar-refractivity contribution < 1.29 is 9.53 Å². The van der Waals surface area contributed by atoms with Crippen LogP contribution in [0, 0.1) is 0 Å². The van der Waals surface area contributed by atoms with Gasteiger partial charge in [-0.25, -0.2) is 4.79 Å². The first kappa shape index (κ1) is 22.2. The van der Waals surface area contributed by atoms with Crippen molar-refractivity contribution in [2.24, 2.45) is 5.73 Å². The van der Waals surface area contributed by atoms with Crippen LogP contribution in [0.15, 0.2) is 28.7 Å². The van der Waals surface area contributed by atoms with E-state index in [4.69, 9.17) is 10.5 Å². The summed E-state index contributed by atoms with van der Waals surface area (Å²) in [4.78, 5) is 14.6. The Morgan fingerprint density at radius 2 is 1.70 bits per heavy atom. The summed E-state index contributed by atoms with van der Waals surface area (Å²) in [6.45, 7) is 4.02. The van der Waals surface area contributed by atoms with E-state index in [9.17, 15) is 4.79 Å². The van der Waals surface area contributed by atoms with Crippen LogP contribution in [0.4, 0.5) is 10.5 Å². The number of unbranched alkanes of at least 4 members (excludes halogenated alkanes) is 6. The number of amides is 1. The van der Waals surface area contributed by atoms with E-state index in [-0.39, 0.29) is 12.2 Å². The molecule has 1 aliphatic heterocycles. The summed E-state index contributed by atoms with van der Waals surface area (Å²) in [7, 11) is 0. The molecule has 3 N–H and O–H groups in total. The topological polar surface area (TPSA) is 67.6 Å². The number of halogens is 1. The summed E-state index contributed by atoms with van der Waals surface area (Å²) in [5, 5.41) is 2.81. The third kappa shape index (κ3) is 9.08. The van der Waals surface area contributed by atoms with Gasteiger partial charge in [0.1, 0.15) is 6.10 Å². The maximum atomic E-state index is 12.1. The van der Waals surface area contributed by atoms with Gasteiger partial charge in [0.2, 0.25) is 0 Å². The van der Waals surface area contributed by atoms with Gasteiger partial charge < -0.3 is 15.4 Å². The number of anilines is 1. The fourth-order valence-electron chi connectivity index (χ4n) is 3.47. The highest BCUT2D eigenvalue weighted by atomic mass is 79.9. The largest absolute Gasteiger partial charge is 0.446 e. The summed E-state index contributed by atoms with van der Waals surface area (Å²) < 4.78 is 6.44. The van der Waals surface area contributed by atoms with Crippen molar-refractivity contribution in [2.75, 3.05) is 31.5 Å². The van der Waals surface area contributed by atoms with Gasteiger partial charge in [-0.05, 0) is 66.8 Å². The van der Waals surface area contributed by atoms with Gasteiger partial charge in [-0.1, -0.05) is 44.2 Å². The van der Waals surface area contributed by atoms with Crippen LogP contribution in [0.25, 0.3) is 0 Å². The van der Waals surface area contributed by atoms with Gasteiger partial charge in [-0.3, -0.25) is 5.32 Å². The average molecular weight is 440 g/mol. The molecule has 0 unspecified atom stereocenters. The molecule has 1 aromatic carbocycles. The van der Waals surface area contributed by atoms with Gasteiger partial charge >= 0.3 is 6.09 Å². The molecule has 0 atom stereocenters. The number of piperidine rings is 1. The molecule has 5 nitrogen and oxygen atoms in total. The quantitative estimate of drug-likeness (QED) is 0.467. The summed E-state index contributed by atoms with van der Waals surface area (Å²) >= 11 is 3.43. The molecule has 1 aromatic rings. The lowest BCUT2D eigenvalue weighted by Gasteiger charge is -2.31. The Labute approximate surface area is 172 Å². The van der Waals surface area contributed by atoms with Crippen LogP contribution in [0.2, 0.25) is 0 Å². The van der Waals surface area contributed by atoms with E-state index < -0.39 is 0 Å². The van der Waals surface area contributed by atoms with E-state index >= 15 is 0 Å². The molecule has 27 heavy (non-hydrogen) atoms. The number of hydrogen-bond donors (Lipinski definition) is 2. The number of nitrogens with zero attached hydrogens (tertiary/aromatic N) is 1. The summed E-state index contributed by atoms with van der Waals surface area (Å²) in [6, 6.07) is 7.55. The van der Waals surface area contributed by atoms with Crippen molar-refractivity contribution >= 4 is 27.7 Å². The monoisotopic (exact) mass is 439 g/mol. The summed E-state index contributed by atoms with van der Waals surface area (Å²) in [5.74, 6) is 0. The van der Waals surface area contributed by atoms with E-state index in [0.717, 1.165) is 49.1 Å².